The molecule has 5 heteroatoms. The van der Waals surface area contributed by atoms with Gasteiger partial charge in [-0.15, -0.1) is 0 Å². The first-order chi connectivity index (χ1) is 15.3. The van der Waals surface area contributed by atoms with E-state index in [2.05, 4.69) is 42.8 Å². The fourth-order valence-electron chi connectivity index (χ4n) is 3.18. The third kappa shape index (κ3) is 6.74. The van der Waals surface area contributed by atoms with Crippen molar-refractivity contribution in [1.29, 1.82) is 0 Å². The molecular formula is C27H30BrClO3. The molecule has 3 aromatic carbocycles. The molecule has 0 saturated heterocycles. The van der Waals surface area contributed by atoms with Gasteiger partial charge < -0.3 is 14.2 Å². The molecule has 3 aromatic rings. The predicted octanol–water partition coefficient (Wildman–Crippen LogP) is 8.57. The van der Waals surface area contributed by atoms with Gasteiger partial charge in [0.1, 0.15) is 11.5 Å². The van der Waals surface area contributed by atoms with Crippen LogP contribution in [0.5, 0.6) is 17.2 Å². The zero-order valence-corrected chi connectivity index (χ0v) is 21.4. The van der Waals surface area contributed by atoms with Gasteiger partial charge in [0.15, 0.2) is 5.75 Å². The molecule has 0 aromatic heterocycles. The van der Waals surface area contributed by atoms with E-state index < -0.39 is 0 Å². The van der Waals surface area contributed by atoms with Crippen molar-refractivity contribution < 1.29 is 14.2 Å². The van der Waals surface area contributed by atoms with Crippen molar-refractivity contribution in [2.24, 2.45) is 0 Å². The van der Waals surface area contributed by atoms with Gasteiger partial charge in [0, 0.05) is 5.41 Å². The minimum Gasteiger partial charge on any atom is -0.488 e. The van der Waals surface area contributed by atoms with Gasteiger partial charge >= 0.3 is 0 Å². The summed E-state index contributed by atoms with van der Waals surface area (Å²) in [4.78, 5) is 0. The molecule has 0 N–H and O–H groups in total. The van der Waals surface area contributed by atoms with Crippen LogP contribution in [0, 0.1) is 0 Å². The van der Waals surface area contributed by atoms with Crippen LogP contribution in [0.25, 0.3) is 0 Å². The number of ether oxygens (including phenoxy) is 3. The SMILES string of the molecule is CCC(C)Oc1c(Cl)cc(C(C)(C)COCc2cccc(Oc3ccccc3)c2)cc1Br. The molecule has 0 bridgehead atoms. The molecule has 0 saturated carbocycles. The highest BCUT2D eigenvalue weighted by molar-refractivity contribution is 9.10. The largest absolute Gasteiger partial charge is 0.488 e. The molecule has 170 valence electrons. The molecule has 1 unspecified atom stereocenters. The first kappa shape index (κ1) is 24.6. The molecule has 1 atom stereocenters. The Labute approximate surface area is 204 Å². The summed E-state index contributed by atoms with van der Waals surface area (Å²) >= 11 is 10.2. The van der Waals surface area contributed by atoms with E-state index in [0.717, 1.165) is 33.5 Å². The van der Waals surface area contributed by atoms with E-state index in [1.165, 1.54) is 0 Å². The quantitative estimate of drug-likeness (QED) is 0.269. The number of hydrogen-bond donors (Lipinski definition) is 0. The van der Waals surface area contributed by atoms with E-state index in [4.69, 9.17) is 25.8 Å². The highest BCUT2D eigenvalue weighted by Crippen LogP contribution is 2.39. The third-order valence-electron chi connectivity index (χ3n) is 5.28. The molecular weight excluding hydrogens is 488 g/mol. The lowest BCUT2D eigenvalue weighted by atomic mass is 9.85. The summed E-state index contributed by atoms with van der Waals surface area (Å²) in [5.74, 6) is 2.30. The molecule has 0 amide bonds. The van der Waals surface area contributed by atoms with Crippen LogP contribution in [0.4, 0.5) is 0 Å². The first-order valence-electron chi connectivity index (χ1n) is 10.8. The van der Waals surface area contributed by atoms with E-state index >= 15 is 0 Å². The van der Waals surface area contributed by atoms with E-state index in [0.29, 0.717) is 24.0 Å². The van der Waals surface area contributed by atoms with Crippen LogP contribution in [0.2, 0.25) is 5.02 Å². The van der Waals surface area contributed by atoms with Gasteiger partial charge in [-0.1, -0.05) is 62.7 Å². The lowest BCUT2D eigenvalue weighted by Crippen LogP contribution is -2.24. The Morgan fingerprint density at radius 1 is 0.969 bits per heavy atom. The minimum atomic E-state index is -0.223. The molecule has 32 heavy (non-hydrogen) atoms. The highest BCUT2D eigenvalue weighted by atomic mass is 79.9. The van der Waals surface area contributed by atoms with Crippen molar-refractivity contribution in [2.45, 2.75) is 52.2 Å². The van der Waals surface area contributed by atoms with E-state index in [1.54, 1.807) is 0 Å². The molecule has 3 nitrogen and oxygen atoms in total. The lowest BCUT2D eigenvalue weighted by molar-refractivity contribution is 0.0823. The zero-order valence-electron chi connectivity index (χ0n) is 19.0. The average Bonchev–Trinajstić information content (AvgIpc) is 2.76. The zero-order chi connectivity index (χ0) is 23.1. The Kier molecular flexibility index (Phi) is 8.64. The standard InChI is InChI=1S/C27H30BrClO3/c1-5-19(2)31-26-24(28)15-21(16-25(26)29)27(3,4)18-30-17-20-10-9-13-23(14-20)32-22-11-7-6-8-12-22/h6-16,19H,5,17-18H2,1-4H3. The number of hydrogen-bond acceptors (Lipinski definition) is 3. The molecule has 0 heterocycles. The summed E-state index contributed by atoms with van der Waals surface area (Å²) in [5, 5.41) is 0.605. The van der Waals surface area contributed by atoms with Crippen LogP contribution < -0.4 is 9.47 Å². The Bertz CT molecular complexity index is 997. The van der Waals surface area contributed by atoms with Gasteiger partial charge in [-0.3, -0.25) is 0 Å². The highest BCUT2D eigenvalue weighted by Gasteiger charge is 2.24. The van der Waals surface area contributed by atoms with Crippen molar-refractivity contribution in [3.63, 3.8) is 0 Å². The number of halogens is 2. The molecule has 0 aliphatic rings. The maximum absolute atomic E-state index is 6.55. The number of benzene rings is 3. The number of para-hydroxylation sites is 1. The van der Waals surface area contributed by atoms with Crippen LogP contribution in [0.1, 0.15) is 45.2 Å². The average molecular weight is 518 g/mol. The van der Waals surface area contributed by atoms with Gasteiger partial charge in [-0.25, -0.2) is 0 Å². The molecule has 0 aliphatic carbocycles. The molecule has 0 aliphatic heterocycles. The van der Waals surface area contributed by atoms with E-state index in [-0.39, 0.29) is 11.5 Å². The Morgan fingerprint density at radius 3 is 2.38 bits per heavy atom. The van der Waals surface area contributed by atoms with Crippen LogP contribution in [0.15, 0.2) is 71.2 Å². The van der Waals surface area contributed by atoms with Crippen LogP contribution in [-0.2, 0) is 16.8 Å². The maximum Gasteiger partial charge on any atom is 0.152 e. The molecule has 0 radical (unpaired) electrons. The van der Waals surface area contributed by atoms with Crippen molar-refractivity contribution in [1.82, 2.24) is 0 Å². The maximum atomic E-state index is 6.55. The summed E-state index contributed by atoms with van der Waals surface area (Å²) in [5.41, 5.74) is 1.93. The molecule has 0 fully saturated rings. The fourth-order valence-corrected chi connectivity index (χ4v) is 4.11. The normalized spacial score (nSPS) is 12.4. The van der Waals surface area contributed by atoms with Gasteiger partial charge in [0.25, 0.3) is 0 Å². The van der Waals surface area contributed by atoms with Gasteiger partial charge in [0.05, 0.1) is 28.8 Å². The summed E-state index contributed by atoms with van der Waals surface area (Å²) < 4.78 is 18.8. The third-order valence-corrected chi connectivity index (χ3v) is 6.15. The topological polar surface area (TPSA) is 27.7 Å². The second-order valence-electron chi connectivity index (χ2n) is 8.54. The van der Waals surface area contributed by atoms with Crippen LogP contribution >= 0.6 is 27.5 Å². The van der Waals surface area contributed by atoms with Crippen molar-refractivity contribution in [3.8, 4) is 17.2 Å². The second kappa shape index (κ2) is 11.2. The molecule has 3 rings (SSSR count). The minimum absolute atomic E-state index is 0.104. The smallest absolute Gasteiger partial charge is 0.152 e. The van der Waals surface area contributed by atoms with Gasteiger partial charge in [-0.05, 0) is 76.8 Å². The summed E-state index contributed by atoms with van der Waals surface area (Å²) in [6, 6.07) is 21.8. The van der Waals surface area contributed by atoms with Crippen LogP contribution in [0.3, 0.4) is 0 Å². The Hall–Kier alpha value is -2.01. The monoisotopic (exact) mass is 516 g/mol. The van der Waals surface area contributed by atoms with Gasteiger partial charge in [0.2, 0.25) is 0 Å². The predicted molar refractivity (Wildman–Crippen MR) is 135 cm³/mol. The summed E-state index contributed by atoms with van der Waals surface area (Å²) in [7, 11) is 0. The lowest BCUT2D eigenvalue weighted by Gasteiger charge is -2.27. The van der Waals surface area contributed by atoms with Crippen molar-refractivity contribution >= 4 is 27.5 Å². The second-order valence-corrected chi connectivity index (χ2v) is 9.81. The van der Waals surface area contributed by atoms with E-state index in [1.807, 2.05) is 67.6 Å². The Balaban J connectivity index is 1.62. The number of rotatable bonds is 10. The van der Waals surface area contributed by atoms with Gasteiger partial charge in [-0.2, -0.15) is 0 Å². The fraction of sp³-hybridized carbons (Fsp3) is 0.333. The van der Waals surface area contributed by atoms with Crippen LogP contribution in [-0.4, -0.2) is 12.7 Å². The summed E-state index contributed by atoms with van der Waals surface area (Å²) in [6.45, 7) is 9.47. The van der Waals surface area contributed by atoms with Crippen molar-refractivity contribution in [3.05, 3.63) is 87.4 Å². The molecule has 0 spiro atoms. The van der Waals surface area contributed by atoms with Crippen molar-refractivity contribution in [2.75, 3.05) is 6.61 Å². The Morgan fingerprint density at radius 2 is 1.69 bits per heavy atom. The summed E-state index contributed by atoms with van der Waals surface area (Å²) in [6.07, 6.45) is 1.02. The van der Waals surface area contributed by atoms with E-state index in [9.17, 15) is 0 Å². The first-order valence-corrected chi connectivity index (χ1v) is 12.0.